The van der Waals surface area contributed by atoms with Crippen molar-refractivity contribution in [3.63, 3.8) is 0 Å². The molecule has 0 aromatic heterocycles. The molecule has 0 aliphatic rings. The van der Waals surface area contributed by atoms with E-state index in [2.05, 4.69) is 0 Å². The summed E-state index contributed by atoms with van der Waals surface area (Å²) in [5, 5.41) is 0. The van der Waals surface area contributed by atoms with Crippen LogP contribution >= 0.6 is 0 Å². The van der Waals surface area contributed by atoms with Crippen molar-refractivity contribution >= 4 is 11.9 Å². The first kappa shape index (κ1) is 12.9. The molecule has 0 aromatic carbocycles. The average Bonchev–Trinajstić information content (AvgIpc) is 2.01. The average molecular weight is 202 g/mol. The van der Waals surface area contributed by atoms with Crippen molar-refractivity contribution in [3.05, 3.63) is 0 Å². The molecule has 0 N–H and O–H groups in total. The molecule has 0 amide bonds. The molecule has 4 nitrogen and oxygen atoms in total. The van der Waals surface area contributed by atoms with Gasteiger partial charge in [0.1, 0.15) is 0 Å². The summed E-state index contributed by atoms with van der Waals surface area (Å²) in [6, 6.07) is 0. The maximum Gasteiger partial charge on any atom is 0.302 e. The number of hydrogen-bond donors (Lipinski definition) is 0. The Morgan fingerprint density at radius 1 is 1.14 bits per heavy atom. The molecule has 14 heavy (non-hydrogen) atoms. The zero-order valence-corrected chi connectivity index (χ0v) is 9.04. The molecule has 0 rings (SSSR count). The minimum atomic E-state index is -0.252. The Morgan fingerprint density at radius 3 is 2.29 bits per heavy atom. The minimum Gasteiger partial charge on any atom is -0.466 e. The fraction of sp³-hybridized carbons (Fsp3) is 0.800. The lowest BCUT2D eigenvalue weighted by atomic mass is 10.2. The van der Waals surface area contributed by atoms with E-state index in [0.717, 1.165) is 19.3 Å². The smallest absolute Gasteiger partial charge is 0.302 e. The fourth-order valence-corrected chi connectivity index (χ4v) is 1.09. The van der Waals surface area contributed by atoms with Crippen LogP contribution in [0.25, 0.3) is 0 Å². The number of esters is 2. The molecule has 0 bridgehead atoms. The van der Waals surface area contributed by atoms with Gasteiger partial charge in [0.05, 0.1) is 12.7 Å². The van der Waals surface area contributed by atoms with Gasteiger partial charge in [-0.2, -0.15) is 0 Å². The molecule has 0 aromatic rings. The zero-order valence-electron chi connectivity index (χ0n) is 9.04. The molecule has 0 heterocycles. The van der Waals surface area contributed by atoms with Gasteiger partial charge in [-0.15, -0.1) is 0 Å². The van der Waals surface area contributed by atoms with E-state index >= 15 is 0 Å². The van der Waals surface area contributed by atoms with Crippen molar-refractivity contribution in [2.24, 2.45) is 0 Å². The molecule has 0 aliphatic heterocycles. The van der Waals surface area contributed by atoms with Crippen LogP contribution in [0.1, 0.15) is 40.0 Å². The zero-order chi connectivity index (χ0) is 11.0. The van der Waals surface area contributed by atoms with E-state index in [9.17, 15) is 9.59 Å². The standard InChI is InChI=1S/C10H18O4/c1-8(14-10(3)12)6-4-5-7-13-9(2)11/h8H,4-7H2,1-3H3. The highest BCUT2D eigenvalue weighted by Gasteiger charge is 2.04. The normalized spacial score (nSPS) is 11.9. The van der Waals surface area contributed by atoms with Gasteiger partial charge in [0.25, 0.3) is 0 Å². The highest BCUT2D eigenvalue weighted by atomic mass is 16.5. The summed E-state index contributed by atoms with van der Waals surface area (Å²) in [7, 11) is 0. The molecule has 0 saturated heterocycles. The molecular weight excluding hydrogens is 184 g/mol. The van der Waals surface area contributed by atoms with E-state index in [1.807, 2.05) is 6.92 Å². The predicted molar refractivity (Wildman–Crippen MR) is 51.7 cm³/mol. The van der Waals surface area contributed by atoms with Gasteiger partial charge in [-0.05, 0) is 26.2 Å². The molecule has 1 atom stereocenters. The minimum absolute atomic E-state index is 0.0511. The number of unbranched alkanes of at least 4 members (excludes halogenated alkanes) is 1. The third-order valence-electron chi connectivity index (χ3n) is 1.68. The lowest BCUT2D eigenvalue weighted by molar-refractivity contribution is -0.145. The van der Waals surface area contributed by atoms with Gasteiger partial charge in [0.2, 0.25) is 0 Å². The molecular formula is C10H18O4. The Hall–Kier alpha value is -1.06. The second-order valence-electron chi connectivity index (χ2n) is 3.26. The molecule has 0 radical (unpaired) electrons. The van der Waals surface area contributed by atoms with Gasteiger partial charge in [0, 0.05) is 13.8 Å². The second-order valence-corrected chi connectivity index (χ2v) is 3.26. The van der Waals surface area contributed by atoms with Crippen molar-refractivity contribution in [2.45, 2.75) is 46.1 Å². The van der Waals surface area contributed by atoms with Crippen LogP contribution in [0, 0.1) is 0 Å². The topological polar surface area (TPSA) is 52.6 Å². The Kier molecular flexibility index (Phi) is 6.80. The van der Waals surface area contributed by atoms with Crippen molar-refractivity contribution in [1.82, 2.24) is 0 Å². The van der Waals surface area contributed by atoms with Gasteiger partial charge in [-0.1, -0.05) is 0 Å². The molecule has 0 spiro atoms. The van der Waals surface area contributed by atoms with Crippen LogP contribution in [0.4, 0.5) is 0 Å². The largest absolute Gasteiger partial charge is 0.466 e. The summed E-state index contributed by atoms with van der Waals surface area (Å²) in [5.74, 6) is -0.504. The van der Waals surface area contributed by atoms with Gasteiger partial charge in [-0.3, -0.25) is 9.59 Å². The molecule has 1 unspecified atom stereocenters. The van der Waals surface area contributed by atoms with Gasteiger partial charge < -0.3 is 9.47 Å². The maximum atomic E-state index is 10.5. The quantitative estimate of drug-likeness (QED) is 0.485. The monoisotopic (exact) mass is 202 g/mol. The molecule has 0 fully saturated rings. The number of ether oxygens (including phenoxy) is 2. The summed E-state index contributed by atoms with van der Waals surface area (Å²) >= 11 is 0. The summed E-state index contributed by atoms with van der Waals surface area (Å²) in [6.07, 6.45) is 2.46. The van der Waals surface area contributed by atoms with Crippen molar-refractivity contribution in [3.8, 4) is 0 Å². The van der Waals surface area contributed by atoms with Crippen LogP contribution in [0.3, 0.4) is 0 Å². The van der Waals surface area contributed by atoms with Crippen LogP contribution in [0.2, 0.25) is 0 Å². The van der Waals surface area contributed by atoms with Crippen molar-refractivity contribution in [1.29, 1.82) is 0 Å². The van der Waals surface area contributed by atoms with E-state index in [-0.39, 0.29) is 18.0 Å². The molecule has 0 aliphatic carbocycles. The lowest BCUT2D eigenvalue weighted by Crippen LogP contribution is -2.12. The van der Waals surface area contributed by atoms with Crippen molar-refractivity contribution in [2.75, 3.05) is 6.61 Å². The molecule has 0 saturated carbocycles. The molecule has 82 valence electrons. The molecule has 4 heteroatoms. The fourth-order valence-electron chi connectivity index (χ4n) is 1.09. The lowest BCUT2D eigenvalue weighted by Gasteiger charge is -2.10. The number of hydrogen-bond acceptors (Lipinski definition) is 4. The third-order valence-corrected chi connectivity index (χ3v) is 1.68. The summed E-state index contributed by atoms with van der Waals surface area (Å²) in [6.45, 7) is 5.09. The maximum absolute atomic E-state index is 10.5. The van der Waals surface area contributed by atoms with Crippen LogP contribution in [-0.4, -0.2) is 24.6 Å². The SMILES string of the molecule is CC(=O)OCCCCC(C)OC(C)=O. The van der Waals surface area contributed by atoms with E-state index in [0.29, 0.717) is 6.61 Å². The van der Waals surface area contributed by atoms with E-state index < -0.39 is 0 Å². The predicted octanol–water partition coefficient (Wildman–Crippen LogP) is 1.67. The number of carbonyl (C=O) groups excluding carboxylic acids is 2. The first-order chi connectivity index (χ1) is 6.52. The second kappa shape index (κ2) is 7.35. The number of carbonyl (C=O) groups is 2. The summed E-state index contributed by atoms with van der Waals surface area (Å²) in [4.78, 5) is 20.9. The Bertz CT molecular complexity index is 189. The van der Waals surface area contributed by atoms with Gasteiger partial charge in [0.15, 0.2) is 0 Å². The first-order valence-electron chi connectivity index (χ1n) is 4.83. The first-order valence-corrected chi connectivity index (χ1v) is 4.83. The van der Waals surface area contributed by atoms with E-state index in [4.69, 9.17) is 9.47 Å². The van der Waals surface area contributed by atoms with Crippen molar-refractivity contribution < 1.29 is 19.1 Å². The van der Waals surface area contributed by atoms with Crippen LogP contribution < -0.4 is 0 Å². The van der Waals surface area contributed by atoms with E-state index in [1.54, 1.807) is 0 Å². The number of rotatable bonds is 6. The Morgan fingerprint density at radius 2 is 1.79 bits per heavy atom. The van der Waals surface area contributed by atoms with Crippen LogP contribution in [-0.2, 0) is 19.1 Å². The van der Waals surface area contributed by atoms with Crippen LogP contribution in [0.5, 0.6) is 0 Å². The Labute approximate surface area is 84.6 Å². The Balaban J connectivity index is 3.27. The highest BCUT2D eigenvalue weighted by molar-refractivity contribution is 5.66. The highest BCUT2D eigenvalue weighted by Crippen LogP contribution is 2.04. The van der Waals surface area contributed by atoms with Gasteiger partial charge in [-0.25, -0.2) is 0 Å². The summed E-state index contributed by atoms with van der Waals surface area (Å²) < 4.78 is 9.69. The van der Waals surface area contributed by atoms with E-state index in [1.165, 1.54) is 13.8 Å². The third kappa shape index (κ3) is 9.03. The summed E-state index contributed by atoms with van der Waals surface area (Å²) in [5.41, 5.74) is 0. The van der Waals surface area contributed by atoms with Gasteiger partial charge >= 0.3 is 11.9 Å². The van der Waals surface area contributed by atoms with Crippen LogP contribution in [0.15, 0.2) is 0 Å².